The van der Waals surface area contributed by atoms with Crippen LogP contribution >= 0.6 is 0 Å². The number of aryl methyl sites for hydroxylation is 3. The highest BCUT2D eigenvalue weighted by atomic mass is 15.3. The van der Waals surface area contributed by atoms with Crippen LogP contribution in [-0.4, -0.2) is 16.3 Å². The molecule has 0 radical (unpaired) electrons. The SMILES string of the molecule is CCCNC(c1ccc(C)cc1C)c1ccnn1CC. The molecule has 3 heteroatoms. The highest BCUT2D eigenvalue weighted by Crippen LogP contribution is 2.25. The van der Waals surface area contributed by atoms with Crippen LogP contribution in [0, 0.1) is 13.8 Å². The third kappa shape index (κ3) is 3.10. The molecule has 20 heavy (non-hydrogen) atoms. The van der Waals surface area contributed by atoms with Gasteiger partial charge in [0.1, 0.15) is 0 Å². The number of nitrogens with zero attached hydrogens (tertiary/aromatic N) is 2. The molecule has 0 spiro atoms. The maximum atomic E-state index is 4.41. The summed E-state index contributed by atoms with van der Waals surface area (Å²) in [4.78, 5) is 0. The highest BCUT2D eigenvalue weighted by molar-refractivity contribution is 5.37. The quantitative estimate of drug-likeness (QED) is 0.870. The molecule has 1 heterocycles. The molecule has 108 valence electrons. The Morgan fingerprint density at radius 3 is 2.65 bits per heavy atom. The van der Waals surface area contributed by atoms with Crippen molar-refractivity contribution in [3.63, 3.8) is 0 Å². The Balaban J connectivity index is 2.41. The Kier molecular flexibility index (Phi) is 4.96. The Morgan fingerprint density at radius 2 is 2.00 bits per heavy atom. The van der Waals surface area contributed by atoms with Crippen molar-refractivity contribution in [1.82, 2.24) is 15.1 Å². The van der Waals surface area contributed by atoms with Crippen molar-refractivity contribution < 1.29 is 0 Å². The summed E-state index contributed by atoms with van der Waals surface area (Å²) in [5.41, 5.74) is 5.24. The first-order valence-corrected chi connectivity index (χ1v) is 7.49. The van der Waals surface area contributed by atoms with Crippen molar-refractivity contribution in [2.45, 2.75) is 46.7 Å². The van der Waals surface area contributed by atoms with Crippen LogP contribution in [0.15, 0.2) is 30.5 Å². The first kappa shape index (κ1) is 14.8. The summed E-state index contributed by atoms with van der Waals surface area (Å²) in [6, 6.07) is 9.03. The highest BCUT2D eigenvalue weighted by Gasteiger charge is 2.18. The Labute approximate surface area is 122 Å². The minimum absolute atomic E-state index is 0.220. The average Bonchev–Trinajstić information content (AvgIpc) is 2.89. The molecule has 1 unspecified atom stereocenters. The number of hydrogen-bond donors (Lipinski definition) is 1. The first-order chi connectivity index (χ1) is 9.67. The average molecular weight is 271 g/mol. The molecule has 2 rings (SSSR count). The summed E-state index contributed by atoms with van der Waals surface area (Å²) in [6.07, 6.45) is 3.02. The van der Waals surface area contributed by atoms with Crippen LogP contribution in [0.5, 0.6) is 0 Å². The van der Waals surface area contributed by atoms with Crippen molar-refractivity contribution in [2.75, 3.05) is 6.54 Å². The van der Waals surface area contributed by atoms with E-state index in [1.165, 1.54) is 22.4 Å². The van der Waals surface area contributed by atoms with Crippen LogP contribution in [0.3, 0.4) is 0 Å². The minimum atomic E-state index is 0.220. The summed E-state index contributed by atoms with van der Waals surface area (Å²) in [7, 11) is 0. The minimum Gasteiger partial charge on any atom is -0.305 e. The van der Waals surface area contributed by atoms with Gasteiger partial charge in [-0.05, 0) is 50.9 Å². The molecule has 1 aromatic carbocycles. The van der Waals surface area contributed by atoms with Gasteiger partial charge in [0.25, 0.3) is 0 Å². The van der Waals surface area contributed by atoms with E-state index in [-0.39, 0.29) is 6.04 Å². The van der Waals surface area contributed by atoms with Gasteiger partial charge in [-0.2, -0.15) is 5.10 Å². The van der Waals surface area contributed by atoms with Crippen molar-refractivity contribution in [2.24, 2.45) is 0 Å². The number of hydrogen-bond acceptors (Lipinski definition) is 2. The topological polar surface area (TPSA) is 29.9 Å². The summed E-state index contributed by atoms with van der Waals surface area (Å²) >= 11 is 0. The number of nitrogens with one attached hydrogen (secondary N) is 1. The summed E-state index contributed by atoms with van der Waals surface area (Å²) in [6.45, 7) is 10.6. The lowest BCUT2D eigenvalue weighted by molar-refractivity contribution is 0.528. The van der Waals surface area contributed by atoms with Crippen molar-refractivity contribution in [1.29, 1.82) is 0 Å². The predicted molar refractivity (Wildman–Crippen MR) is 84.0 cm³/mol. The number of aromatic nitrogens is 2. The third-order valence-corrected chi connectivity index (χ3v) is 3.68. The van der Waals surface area contributed by atoms with Gasteiger partial charge < -0.3 is 5.32 Å². The summed E-state index contributed by atoms with van der Waals surface area (Å²) < 4.78 is 2.08. The second-order valence-electron chi connectivity index (χ2n) is 5.32. The van der Waals surface area contributed by atoms with Gasteiger partial charge in [0.15, 0.2) is 0 Å². The largest absolute Gasteiger partial charge is 0.305 e. The van der Waals surface area contributed by atoms with Crippen LogP contribution in [0.1, 0.15) is 48.7 Å². The molecule has 0 aliphatic carbocycles. The van der Waals surface area contributed by atoms with E-state index >= 15 is 0 Å². The molecule has 1 atom stereocenters. The van der Waals surface area contributed by atoms with E-state index in [1.807, 2.05) is 6.20 Å². The van der Waals surface area contributed by atoms with Crippen molar-refractivity contribution in [3.8, 4) is 0 Å². The van der Waals surface area contributed by atoms with Gasteiger partial charge in [-0.15, -0.1) is 0 Å². The smallest absolute Gasteiger partial charge is 0.0750 e. The van der Waals surface area contributed by atoms with E-state index in [1.54, 1.807) is 0 Å². The second kappa shape index (κ2) is 6.71. The molecule has 1 N–H and O–H groups in total. The molecular weight excluding hydrogens is 246 g/mol. The van der Waals surface area contributed by atoms with Crippen molar-refractivity contribution in [3.05, 3.63) is 52.8 Å². The molecule has 3 nitrogen and oxygen atoms in total. The fourth-order valence-corrected chi connectivity index (χ4v) is 2.66. The van der Waals surface area contributed by atoms with Crippen molar-refractivity contribution >= 4 is 0 Å². The molecular formula is C17H25N3. The number of rotatable bonds is 6. The molecule has 0 amide bonds. The zero-order chi connectivity index (χ0) is 14.5. The van der Waals surface area contributed by atoms with Gasteiger partial charge in [0, 0.05) is 12.7 Å². The Morgan fingerprint density at radius 1 is 1.20 bits per heavy atom. The van der Waals surface area contributed by atoms with Crippen LogP contribution in [-0.2, 0) is 6.54 Å². The molecule has 0 fully saturated rings. The monoisotopic (exact) mass is 271 g/mol. The predicted octanol–water partition coefficient (Wildman–Crippen LogP) is 3.61. The molecule has 0 aliphatic rings. The van der Waals surface area contributed by atoms with Gasteiger partial charge in [0.2, 0.25) is 0 Å². The van der Waals surface area contributed by atoms with Gasteiger partial charge in [-0.1, -0.05) is 30.7 Å². The van der Waals surface area contributed by atoms with Gasteiger partial charge in [-0.25, -0.2) is 0 Å². The van der Waals surface area contributed by atoms with E-state index in [0.29, 0.717) is 0 Å². The molecule has 0 bridgehead atoms. The lowest BCUT2D eigenvalue weighted by atomic mass is 9.96. The van der Waals surface area contributed by atoms with Crippen LogP contribution in [0.2, 0.25) is 0 Å². The van der Waals surface area contributed by atoms with E-state index < -0.39 is 0 Å². The second-order valence-corrected chi connectivity index (χ2v) is 5.32. The lowest BCUT2D eigenvalue weighted by Crippen LogP contribution is -2.26. The standard InChI is InChI=1S/C17H25N3/c1-5-10-18-17(16-9-11-19-20(16)6-2)15-8-7-13(3)12-14(15)4/h7-9,11-12,17-18H,5-6,10H2,1-4H3. The van der Waals surface area contributed by atoms with E-state index in [4.69, 9.17) is 0 Å². The summed E-state index contributed by atoms with van der Waals surface area (Å²) in [5.74, 6) is 0. The van der Waals surface area contributed by atoms with Crippen LogP contribution in [0.4, 0.5) is 0 Å². The third-order valence-electron chi connectivity index (χ3n) is 3.68. The van der Waals surface area contributed by atoms with Crippen LogP contribution in [0.25, 0.3) is 0 Å². The molecule has 2 aromatic rings. The zero-order valence-corrected chi connectivity index (χ0v) is 13.0. The van der Waals surface area contributed by atoms with Gasteiger partial charge >= 0.3 is 0 Å². The first-order valence-electron chi connectivity index (χ1n) is 7.49. The fourth-order valence-electron chi connectivity index (χ4n) is 2.66. The van der Waals surface area contributed by atoms with Gasteiger partial charge in [-0.3, -0.25) is 4.68 Å². The molecule has 0 saturated carbocycles. The van der Waals surface area contributed by atoms with E-state index in [2.05, 4.69) is 67.1 Å². The van der Waals surface area contributed by atoms with E-state index in [9.17, 15) is 0 Å². The molecule has 0 saturated heterocycles. The molecule has 0 aliphatic heterocycles. The Bertz CT molecular complexity index is 557. The zero-order valence-electron chi connectivity index (χ0n) is 13.0. The normalized spacial score (nSPS) is 12.6. The fraction of sp³-hybridized carbons (Fsp3) is 0.471. The lowest BCUT2D eigenvalue weighted by Gasteiger charge is -2.22. The summed E-state index contributed by atoms with van der Waals surface area (Å²) in [5, 5.41) is 8.08. The maximum absolute atomic E-state index is 4.41. The Hall–Kier alpha value is -1.61. The van der Waals surface area contributed by atoms with Crippen LogP contribution < -0.4 is 5.32 Å². The van der Waals surface area contributed by atoms with Gasteiger partial charge in [0.05, 0.1) is 11.7 Å². The number of benzene rings is 1. The maximum Gasteiger partial charge on any atom is 0.0750 e. The molecule has 1 aromatic heterocycles. The van der Waals surface area contributed by atoms with E-state index in [0.717, 1.165) is 19.5 Å².